The minimum atomic E-state index is -2.26. The number of carbonyl (C=O) groups excluding carboxylic acids is 6. The van der Waals surface area contributed by atoms with Gasteiger partial charge < -0.3 is 29.7 Å². The van der Waals surface area contributed by atoms with Crippen LogP contribution < -0.4 is 17.1 Å². The van der Waals surface area contributed by atoms with Crippen molar-refractivity contribution in [1.29, 1.82) is 0 Å². The summed E-state index contributed by atoms with van der Waals surface area (Å²) in [4.78, 5) is 126. The first-order valence-electron chi connectivity index (χ1n) is 25.7. The summed E-state index contributed by atoms with van der Waals surface area (Å²) in [6, 6.07) is 3.58. The van der Waals surface area contributed by atoms with E-state index in [4.69, 9.17) is 0 Å². The van der Waals surface area contributed by atoms with Gasteiger partial charge in [0.15, 0.2) is 54.3 Å². The minimum absolute atomic E-state index is 0.00657. The zero-order chi connectivity index (χ0) is 57.5. The highest BCUT2D eigenvalue weighted by Gasteiger charge is 2.37. The number of phenols is 3. The third kappa shape index (κ3) is 13.5. The van der Waals surface area contributed by atoms with Crippen LogP contribution in [0, 0.1) is 0 Å². The molecule has 1 aromatic heterocycles. The minimum Gasteiger partial charge on any atom is -0.507 e. The normalized spacial score (nSPS) is 14.0. The van der Waals surface area contributed by atoms with Crippen molar-refractivity contribution >= 4 is 36.2 Å². The molecular formula is C60H81N3O12. The van der Waals surface area contributed by atoms with Crippen molar-refractivity contribution in [2.45, 2.75) is 214 Å². The van der Waals surface area contributed by atoms with E-state index in [1.807, 2.05) is 125 Å². The van der Waals surface area contributed by atoms with Crippen molar-refractivity contribution in [3.63, 3.8) is 0 Å². The molecule has 0 fully saturated rings. The molecule has 0 aliphatic rings. The summed E-state index contributed by atoms with van der Waals surface area (Å²) in [6.45, 7) is 34.3. The molecule has 3 N–H and O–H groups in total. The Kier molecular flexibility index (Phi) is 17.9. The van der Waals surface area contributed by atoms with E-state index in [0.717, 1.165) is 0 Å². The van der Waals surface area contributed by atoms with Crippen LogP contribution >= 0.6 is 0 Å². The van der Waals surface area contributed by atoms with E-state index in [1.165, 1.54) is 0 Å². The van der Waals surface area contributed by atoms with Crippen LogP contribution in [-0.2, 0) is 80.5 Å². The zero-order valence-corrected chi connectivity index (χ0v) is 47.5. The molecule has 3 atom stereocenters. The SMILES string of the molecule is CC(C)(C)c1cc(CCC(=O)C(C=O)n2c(=O)n(C(C=O)C(=O)CCc3cc(C(C)(C)C)c(O)c(C(C)(C)C)c3)c(=O)n(C(C=O)C(=O)CCc3cc(C(C)(C)C)c(O)c(C(C)(C)C)c3)c2=O)cc(C(C)(C)C)c1O. The van der Waals surface area contributed by atoms with Gasteiger partial charge in [-0.2, -0.15) is 0 Å². The molecule has 0 radical (unpaired) electrons. The van der Waals surface area contributed by atoms with Crippen LogP contribution in [0.15, 0.2) is 50.8 Å². The lowest BCUT2D eigenvalue weighted by molar-refractivity contribution is -0.127. The number of ketones is 3. The molecule has 0 bridgehead atoms. The van der Waals surface area contributed by atoms with Gasteiger partial charge >= 0.3 is 17.1 Å². The van der Waals surface area contributed by atoms with Gasteiger partial charge in [0.25, 0.3) is 0 Å². The number of hydrogen-bond acceptors (Lipinski definition) is 12. The topological polar surface area (TPSA) is 229 Å². The van der Waals surface area contributed by atoms with Crippen LogP contribution in [0.5, 0.6) is 17.2 Å². The smallest absolute Gasteiger partial charge is 0.338 e. The van der Waals surface area contributed by atoms with Gasteiger partial charge in [0.2, 0.25) is 0 Å². The van der Waals surface area contributed by atoms with E-state index in [2.05, 4.69) is 0 Å². The maximum Gasteiger partial charge on any atom is 0.338 e. The molecule has 4 aromatic rings. The number of rotatable bonds is 18. The lowest BCUT2D eigenvalue weighted by Crippen LogP contribution is -2.60. The molecule has 3 aromatic carbocycles. The van der Waals surface area contributed by atoms with Crippen molar-refractivity contribution < 1.29 is 44.1 Å². The van der Waals surface area contributed by atoms with Crippen molar-refractivity contribution in [1.82, 2.24) is 13.7 Å². The fourth-order valence-electron chi connectivity index (χ4n) is 9.34. The predicted molar refractivity (Wildman–Crippen MR) is 291 cm³/mol. The summed E-state index contributed by atoms with van der Waals surface area (Å²) in [5.74, 6) is -2.70. The largest absolute Gasteiger partial charge is 0.507 e. The lowest BCUT2D eigenvalue weighted by atomic mass is 9.78. The number of hydrogen-bond donors (Lipinski definition) is 3. The number of Topliss-reactive ketones (excluding diaryl/α,β-unsaturated/α-hetero) is 3. The monoisotopic (exact) mass is 1040 g/mol. The van der Waals surface area contributed by atoms with E-state index < -0.39 is 104 Å². The maximum atomic E-state index is 14.7. The number of benzene rings is 3. The summed E-state index contributed by atoms with van der Waals surface area (Å²) in [7, 11) is 0. The van der Waals surface area contributed by atoms with E-state index in [1.54, 1.807) is 36.4 Å². The molecule has 1 heterocycles. The first-order valence-corrected chi connectivity index (χ1v) is 25.7. The van der Waals surface area contributed by atoms with Gasteiger partial charge in [-0.25, -0.2) is 28.1 Å². The summed E-state index contributed by atoms with van der Waals surface area (Å²) < 4.78 is 0.329. The van der Waals surface area contributed by atoms with Crippen molar-refractivity contribution in [3.8, 4) is 17.2 Å². The summed E-state index contributed by atoms with van der Waals surface area (Å²) in [6.07, 6.45) is -1.49. The van der Waals surface area contributed by atoms with Crippen molar-refractivity contribution in [2.24, 2.45) is 0 Å². The summed E-state index contributed by atoms with van der Waals surface area (Å²) in [5.41, 5.74) is -2.93. The standard InChI is InChI=1S/C60H81N3O12/c1-55(2,3)37-25-34(26-38(49(37)70)56(4,5)6)19-22-46(67)43(31-64)61-52(73)62(44(32-65)47(68)23-20-35-27-39(57(7,8)9)50(71)40(28-35)58(10,11)12)54(75)63(53(61)74)45(33-66)48(69)24-21-36-29-41(59(13,14)15)51(72)42(30-36)60(16,17)18/h25-33,43-45,70-72H,19-24H2,1-18H3. The molecule has 15 nitrogen and oxygen atoms in total. The number of phenolic OH excluding ortho intramolecular Hbond substituents is 3. The molecule has 3 unspecified atom stereocenters. The molecule has 0 aliphatic heterocycles. The average molecular weight is 1040 g/mol. The lowest BCUT2D eigenvalue weighted by Gasteiger charge is -2.28. The van der Waals surface area contributed by atoms with Gasteiger partial charge in [-0.05, 0) is 102 Å². The number of carbonyl (C=O) groups is 6. The van der Waals surface area contributed by atoms with Crippen LogP contribution in [0.25, 0.3) is 0 Å². The summed E-state index contributed by atoms with van der Waals surface area (Å²) in [5, 5.41) is 33.9. The molecule has 0 saturated carbocycles. The molecular weight excluding hydrogens is 955 g/mol. The zero-order valence-electron chi connectivity index (χ0n) is 47.5. The molecule has 75 heavy (non-hydrogen) atoms. The Bertz CT molecular complexity index is 2610. The summed E-state index contributed by atoms with van der Waals surface area (Å²) >= 11 is 0. The highest BCUT2D eigenvalue weighted by Crippen LogP contribution is 2.43. The van der Waals surface area contributed by atoms with Crippen LogP contribution in [0.3, 0.4) is 0 Å². The number of aldehydes is 3. The van der Waals surface area contributed by atoms with E-state index in [-0.39, 0.29) is 69.1 Å². The van der Waals surface area contributed by atoms with Gasteiger partial charge in [-0.3, -0.25) is 14.4 Å². The second-order valence-electron chi connectivity index (χ2n) is 26.2. The molecule has 408 valence electrons. The van der Waals surface area contributed by atoms with Gasteiger partial charge in [0.1, 0.15) is 17.2 Å². The number of aryl methyl sites for hydroxylation is 3. The van der Waals surface area contributed by atoms with Crippen molar-refractivity contribution in [2.75, 3.05) is 0 Å². The predicted octanol–water partition coefficient (Wildman–Crippen LogP) is 8.90. The van der Waals surface area contributed by atoms with Crippen LogP contribution in [0.4, 0.5) is 0 Å². The van der Waals surface area contributed by atoms with Gasteiger partial charge in [0.05, 0.1) is 0 Å². The molecule has 0 aliphatic carbocycles. The second kappa shape index (κ2) is 22.0. The Morgan fingerprint density at radius 3 is 0.667 bits per heavy atom. The van der Waals surface area contributed by atoms with Gasteiger partial charge in [-0.15, -0.1) is 0 Å². The fourth-order valence-corrected chi connectivity index (χ4v) is 9.34. The fraction of sp³-hybridized carbons (Fsp3) is 0.550. The molecule has 0 amide bonds. The Morgan fingerprint density at radius 2 is 0.533 bits per heavy atom. The quantitative estimate of drug-likeness (QED) is 0.0627. The highest BCUT2D eigenvalue weighted by molar-refractivity contribution is 5.97. The Hall–Kier alpha value is -6.51. The third-order valence-electron chi connectivity index (χ3n) is 13.8. The first kappa shape index (κ1) is 61.0. The van der Waals surface area contributed by atoms with E-state index in [0.29, 0.717) is 50.1 Å². The van der Waals surface area contributed by atoms with Gasteiger partial charge in [0, 0.05) is 19.3 Å². The van der Waals surface area contributed by atoms with Crippen LogP contribution in [0.1, 0.15) is 212 Å². The molecule has 0 spiro atoms. The molecule has 15 heteroatoms. The molecule has 4 rings (SSSR count). The highest BCUT2D eigenvalue weighted by atomic mass is 16.3. The second-order valence-corrected chi connectivity index (χ2v) is 26.2. The third-order valence-corrected chi connectivity index (χ3v) is 13.8. The Labute approximate surface area is 441 Å². The Balaban J connectivity index is 1.93. The van der Waals surface area contributed by atoms with E-state index in [9.17, 15) is 58.5 Å². The number of nitrogens with zero attached hydrogens (tertiary/aromatic N) is 3. The number of aromatic nitrogens is 3. The molecule has 0 saturated heterocycles. The number of aromatic hydroxyl groups is 3. The van der Waals surface area contributed by atoms with Crippen molar-refractivity contribution in [3.05, 3.63) is 118 Å². The van der Waals surface area contributed by atoms with Crippen LogP contribution in [0.2, 0.25) is 0 Å². The maximum absolute atomic E-state index is 14.7. The first-order chi connectivity index (χ1) is 34.1. The average Bonchev–Trinajstić information content (AvgIpc) is 3.26. The Morgan fingerprint density at radius 1 is 0.373 bits per heavy atom. The van der Waals surface area contributed by atoms with Gasteiger partial charge in [-0.1, -0.05) is 161 Å². The van der Waals surface area contributed by atoms with Crippen LogP contribution in [-0.4, -0.2) is 65.2 Å². The van der Waals surface area contributed by atoms with E-state index >= 15 is 0 Å².